The summed E-state index contributed by atoms with van der Waals surface area (Å²) in [5, 5.41) is 4.23. The molecule has 0 saturated heterocycles. The molecule has 20 heavy (non-hydrogen) atoms. The van der Waals surface area contributed by atoms with Crippen LogP contribution in [-0.4, -0.2) is 13.2 Å². The van der Waals surface area contributed by atoms with Crippen molar-refractivity contribution in [1.82, 2.24) is 5.32 Å². The van der Waals surface area contributed by atoms with Gasteiger partial charge in [-0.15, -0.1) is 0 Å². The molecule has 2 aromatic rings. The summed E-state index contributed by atoms with van der Waals surface area (Å²) in [6.07, 6.45) is 0.972. The maximum atomic E-state index is 5.82. The molecule has 1 atom stereocenters. The lowest BCUT2D eigenvalue weighted by molar-refractivity contribution is 0.305. The Morgan fingerprint density at radius 1 is 1.05 bits per heavy atom. The van der Waals surface area contributed by atoms with Gasteiger partial charge in [-0.2, -0.15) is 0 Å². The fourth-order valence-electron chi connectivity index (χ4n) is 1.97. The lowest BCUT2D eigenvalue weighted by atomic mass is 10.1. The zero-order valence-electron chi connectivity index (χ0n) is 11.7. The van der Waals surface area contributed by atoms with E-state index in [4.69, 9.17) is 16.3 Å². The summed E-state index contributed by atoms with van der Waals surface area (Å²) in [6, 6.07) is 18.3. The summed E-state index contributed by atoms with van der Waals surface area (Å²) in [4.78, 5) is 0. The summed E-state index contributed by atoms with van der Waals surface area (Å²) in [5.41, 5.74) is 1.31. The van der Waals surface area contributed by atoms with Crippen molar-refractivity contribution in [2.45, 2.75) is 19.4 Å². The molecule has 2 aromatic carbocycles. The van der Waals surface area contributed by atoms with E-state index in [0.717, 1.165) is 23.7 Å². The van der Waals surface area contributed by atoms with Crippen molar-refractivity contribution >= 4 is 11.6 Å². The smallest absolute Gasteiger partial charge is 0.119 e. The van der Waals surface area contributed by atoms with E-state index < -0.39 is 0 Å². The van der Waals surface area contributed by atoms with Crippen LogP contribution in [0.3, 0.4) is 0 Å². The first-order valence-electron chi connectivity index (χ1n) is 6.92. The molecule has 0 saturated carbocycles. The Hall–Kier alpha value is -1.51. The van der Waals surface area contributed by atoms with Crippen LogP contribution in [0.15, 0.2) is 54.6 Å². The number of hydrogen-bond donors (Lipinski definition) is 1. The van der Waals surface area contributed by atoms with Crippen molar-refractivity contribution in [3.63, 3.8) is 0 Å². The number of halogens is 1. The second-order valence-corrected chi connectivity index (χ2v) is 5.18. The third-order valence-electron chi connectivity index (χ3n) is 3.15. The SMILES string of the molecule is CC(NCCCOc1ccc(Cl)cc1)c1ccccc1. The summed E-state index contributed by atoms with van der Waals surface area (Å²) in [6.45, 7) is 3.81. The highest BCUT2D eigenvalue weighted by Gasteiger charge is 2.02. The number of nitrogens with one attached hydrogen (secondary N) is 1. The van der Waals surface area contributed by atoms with E-state index in [1.807, 2.05) is 30.3 Å². The molecule has 0 heterocycles. The van der Waals surface area contributed by atoms with Crippen LogP contribution in [0.5, 0.6) is 5.75 Å². The van der Waals surface area contributed by atoms with E-state index in [1.54, 1.807) is 0 Å². The van der Waals surface area contributed by atoms with E-state index in [2.05, 4.69) is 36.5 Å². The minimum atomic E-state index is 0.367. The van der Waals surface area contributed by atoms with Gasteiger partial charge in [-0.3, -0.25) is 0 Å². The molecule has 0 aliphatic heterocycles. The van der Waals surface area contributed by atoms with Gasteiger partial charge in [-0.1, -0.05) is 41.9 Å². The molecule has 0 aliphatic carbocycles. The second-order valence-electron chi connectivity index (χ2n) is 4.74. The zero-order chi connectivity index (χ0) is 14.2. The van der Waals surface area contributed by atoms with Gasteiger partial charge in [0.15, 0.2) is 0 Å². The Morgan fingerprint density at radius 3 is 2.45 bits per heavy atom. The molecule has 0 bridgehead atoms. The highest BCUT2D eigenvalue weighted by Crippen LogP contribution is 2.15. The lowest BCUT2D eigenvalue weighted by Gasteiger charge is -2.14. The molecule has 0 radical (unpaired) electrons. The van der Waals surface area contributed by atoms with E-state index in [9.17, 15) is 0 Å². The number of rotatable bonds is 7. The normalized spacial score (nSPS) is 12.1. The maximum Gasteiger partial charge on any atom is 0.119 e. The van der Waals surface area contributed by atoms with Gasteiger partial charge in [0.1, 0.15) is 5.75 Å². The molecule has 0 fully saturated rings. The van der Waals surface area contributed by atoms with E-state index in [1.165, 1.54) is 5.56 Å². The molecular weight excluding hydrogens is 270 g/mol. The molecular formula is C17H20ClNO. The largest absolute Gasteiger partial charge is 0.494 e. The van der Waals surface area contributed by atoms with E-state index in [0.29, 0.717) is 12.6 Å². The maximum absolute atomic E-state index is 5.82. The molecule has 3 heteroatoms. The van der Waals surface area contributed by atoms with Crippen molar-refractivity contribution < 1.29 is 4.74 Å². The number of ether oxygens (including phenoxy) is 1. The lowest BCUT2D eigenvalue weighted by Crippen LogP contribution is -2.21. The molecule has 0 aliphatic rings. The quantitative estimate of drug-likeness (QED) is 0.760. The van der Waals surface area contributed by atoms with Crippen molar-refractivity contribution in [3.8, 4) is 5.75 Å². The van der Waals surface area contributed by atoms with Gasteiger partial charge in [0.2, 0.25) is 0 Å². The first-order valence-corrected chi connectivity index (χ1v) is 7.30. The zero-order valence-corrected chi connectivity index (χ0v) is 12.4. The summed E-state index contributed by atoms with van der Waals surface area (Å²) in [5.74, 6) is 0.866. The van der Waals surface area contributed by atoms with Gasteiger partial charge >= 0.3 is 0 Å². The van der Waals surface area contributed by atoms with E-state index >= 15 is 0 Å². The van der Waals surface area contributed by atoms with Crippen molar-refractivity contribution in [2.24, 2.45) is 0 Å². The molecule has 1 N–H and O–H groups in total. The van der Waals surface area contributed by atoms with Gasteiger partial charge in [0.05, 0.1) is 6.61 Å². The molecule has 0 spiro atoms. The Balaban J connectivity index is 1.63. The molecule has 0 aromatic heterocycles. The fraction of sp³-hybridized carbons (Fsp3) is 0.294. The Labute approximate surface area is 125 Å². The van der Waals surface area contributed by atoms with Crippen LogP contribution in [0, 0.1) is 0 Å². The van der Waals surface area contributed by atoms with Crippen molar-refractivity contribution in [3.05, 3.63) is 65.2 Å². The fourth-order valence-corrected chi connectivity index (χ4v) is 2.10. The van der Waals surface area contributed by atoms with Gasteiger partial charge < -0.3 is 10.1 Å². The average molecular weight is 290 g/mol. The second kappa shape index (κ2) is 7.93. The van der Waals surface area contributed by atoms with Crippen LogP contribution in [-0.2, 0) is 0 Å². The third kappa shape index (κ3) is 4.87. The van der Waals surface area contributed by atoms with Crippen LogP contribution < -0.4 is 10.1 Å². The molecule has 2 rings (SSSR count). The summed E-state index contributed by atoms with van der Waals surface area (Å²) in [7, 11) is 0. The van der Waals surface area contributed by atoms with Crippen LogP contribution in [0.25, 0.3) is 0 Å². The highest BCUT2D eigenvalue weighted by atomic mass is 35.5. The van der Waals surface area contributed by atoms with Crippen molar-refractivity contribution in [1.29, 1.82) is 0 Å². The highest BCUT2D eigenvalue weighted by molar-refractivity contribution is 6.30. The standard InChI is InChI=1S/C17H20ClNO/c1-14(15-6-3-2-4-7-15)19-12-5-13-20-17-10-8-16(18)9-11-17/h2-4,6-11,14,19H,5,12-13H2,1H3. The first-order chi connectivity index (χ1) is 9.75. The number of benzene rings is 2. The Bertz CT molecular complexity index is 498. The van der Waals surface area contributed by atoms with Crippen LogP contribution in [0.4, 0.5) is 0 Å². The predicted molar refractivity (Wildman–Crippen MR) is 84.4 cm³/mol. The van der Waals surface area contributed by atoms with Gasteiger partial charge in [0, 0.05) is 11.1 Å². The topological polar surface area (TPSA) is 21.3 Å². The molecule has 1 unspecified atom stereocenters. The van der Waals surface area contributed by atoms with Gasteiger partial charge in [0.25, 0.3) is 0 Å². The molecule has 106 valence electrons. The first kappa shape index (κ1) is 14.9. The van der Waals surface area contributed by atoms with Gasteiger partial charge in [-0.05, 0) is 49.7 Å². The predicted octanol–water partition coefficient (Wildman–Crippen LogP) is 4.46. The van der Waals surface area contributed by atoms with Crippen LogP contribution in [0.1, 0.15) is 24.9 Å². The summed E-state index contributed by atoms with van der Waals surface area (Å²) >= 11 is 5.82. The monoisotopic (exact) mass is 289 g/mol. The minimum absolute atomic E-state index is 0.367. The Morgan fingerprint density at radius 2 is 1.75 bits per heavy atom. The van der Waals surface area contributed by atoms with Crippen LogP contribution >= 0.6 is 11.6 Å². The number of hydrogen-bond acceptors (Lipinski definition) is 2. The van der Waals surface area contributed by atoms with Gasteiger partial charge in [-0.25, -0.2) is 0 Å². The molecule has 2 nitrogen and oxygen atoms in total. The Kier molecular flexibility index (Phi) is 5.90. The molecule has 0 amide bonds. The summed E-state index contributed by atoms with van der Waals surface area (Å²) < 4.78 is 5.65. The van der Waals surface area contributed by atoms with Crippen LogP contribution in [0.2, 0.25) is 5.02 Å². The average Bonchev–Trinajstić information content (AvgIpc) is 2.49. The van der Waals surface area contributed by atoms with E-state index in [-0.39, 0.29) is 0 Å². The van der Waals surface area contributed by atoms with Crippen molar-refractivity contribution in [2.75, 3.05) is 13.2 Å². The third-order valence-corrected chi connectivity index (χ3v) is 3.41. The minimum Gasteiger partial charge on any atom is -0.494 e.